The van der Waals surface area contributed by atoms with Gasteiger partial charge >= 0.3 is 0 Å². The molecule has 0 aliphatic carbocycles. The van der Waals surface area contributed by atoms with Crippen LogP contribution in [0.1, 0.15) is 30.1 Å². The second-order valence-electron chi connectivity index (χ2n) is 5.56. The normalized spacial score (nSPS) is 11.1. The smallest absolute Gasteiger partial charge is 0.266 e. The Labute approximate surface area is 157 Å². The highest BCUT2D eigenvalue weighted by Crippen LogP contribution is 2.28. The molecule has 0 saturated heterocycles. The van der Waals surface area contributed by atoms with Crippen LogP contribution >= 0.6 is 0 Å². The van der Waals surface area contributed by atoms with Gasteiger partial charge in [0.25, 0.3) is 15.9 Å². The highest BCUT2D eigenvalue weighted by atomic mass is 32.2. The minimum atomic E-state index is -4.25. The minimum absolute atomic E-state index is 0.144. The highest BCUT2D eigenvalue weighted by Gasteiger charge is 2.20. The van der Waals surface area contributed by atoms with E-state index in [2.05, 4.69) is 0 Å². The molecule has 2 aromatic carbocycles. The predicted molar refractivity (Wildman–Crippen MR) is 97.6 cm³/mol. The number of rotatable bonds is 9. The Morgan fingerprint density at radius 2 is 1.89 bits per heavy atom. The second-order valence-corrected chi connectivity index (χ2v) is 7.21. The van der Waals surface area contributed by atoms with Crippen molar-refractivity contribution in [2.24, 2.45) is 0 Å². The number of carbonyl (C=O) groups excluding carboxylic acids is 1. The zero-order valence-electron chi connectivity index (χ0n) is 15.0. The number of hydrazine groups is 1. The first kappa shape index (κ1) is 20.7. The first-order chi connectivity index (χ1) is 12.9. The fraction of sp³-hybridized carbons (Fsp3) is 0.278. The molecule has 0 aromatic heterocycles. The monoisotopic (exact) mass is 396 g/mol. The van der Waals surface area contributed by atoms with E-state index < -0.39 is 26.6 Å². The average Bonchev–Trinajstić information content (AvgIpc) is 2.66. The van der Waals surface area contributed by atoms with E-state index in [9.17, 15) is 17.6 Å². The van der Waals surface area contributed by atoms with Crippen molar-refractivity contribution in [3.63, 3.8) is 0 Å². The van der Waals surface area contributed by atoms with Gasteiger partial charge in [0.1, 0.15) is 10.7 Å². The van der Waals surface area contributed by atoms with Crippen LogP contribution < -0.4 is 19.7 Å². The molecular weight excluding hydrogens is 375 g/mol. The van der Waals surface area contributed by atoms with Crippen LogP contribution in [0, 0.1) is 5.82 Å². The average molecular weight is 396 g/mol. The van der Waals surface area contributed by atoms with Gasteiger partial charge in [-0.3, -0.25) is 10.2 Å². The van der Waals surface area contributed by atoms with Crippen molar-refractivity contribution >= 4 is 15.9 Å². The Balaban J connectivity index is 2.08. The summed E-state index contributed by atoms with van der Waals surface area (Å²) in [6.45, 7) is 2.55. The molecule has 7 nitrogen and oxygen atoms in total. The number of nitrogens with one attached hydrogen (secondary N) is 2. The third-order valence-electron chi connectivity index (χ3n) is 3.61. The molecule has 0 heterocycles. The fourth-order valence-corrected chi connectivity index (χ4v) is 3.08. The predicted octanol–water partition coefficient (Wildman–Crippen LogP) is 2.64. The molecular formula is C18H21FN2O5S. The summed E-state index contributed by atoms with van der Waals surface area (Å²) in [6.07, 6.45) is 1.86. The first-order valence-corrected chi connectivity index (χ1v) is 9.75. The molecule has 146 valence electrons. The molecule has 0 radical (unpaired) electrons. The molecule has 0 fully saturated rings. The Bertz CT molecular complexity index is 902. The molecule has 0 unspecified atom stereocenters. The molecule has 2 rings (SSSR count). The molecule has 2 N–H and O–H groups in total. The third-order valence-corrected chi connectivity index (χ3v) is 4.89. The van der Waals surface area contributed by atoms with Crippen molar-refractivity contribution in [2.45, 2.75) is 24.7 Å². The lowest BCUT2D eigenvalue weighted by Crippen LogP contribution is -2.41. The molecule has 0 bridgehead atoms. The number of methoxy groups -OCH3 is 1. The quantitative estimate of drug-likeness (QED) is 0.502. The topological polar surface area (TPSA) is 93.7 Å². The maximum absolute atomic E-state index is 13.6. The molecule has 0 aliphatic heterocycles. The van der Waals surface area contributed by atoms with E-state index in [1.165, 1.54) is 31.4 Å². The van der Waals surface area contributed by atoms with Crippen molar-refractivity contribution in [1.29, 1.82) is 0 Å². The van der Waals surface area contributed by atoms with Gasteiger partial charge in [-0.05, 0) is 36.8 Å². The number of sulfonamides is 1. The Kier molecular flexibility index (Phi) is 7.14. The maximum atomic E-state index is 13.6. The zero-order chi connectivity index (χ0) is 19.9. The molecule has 0 aliphatic rings. The lowest BCUT2D eigenvalue weighted by molar-refractivity contribution is 0.0944. The number of benzene rings is 2. The summed E-state index contributed by atoms with van der Waals surface area (Å²) in [7, 11) is -2.81. The summed E-state index contributed by atoms with van der Waals surface area (Å²) in [5.74, 6) is -0.826. The number of hydrogen-bond donors (Lipinski definition) is 2. The molecule has 9 heteroatoms. The Morgan fingerprint density at radius 3 is 2.56 bits per heavy atom. The SMILES string of the molecule is CCCCOc1ccc(C(=O)NNS(=O)(=O)c2ccccc2F)cc1OC. The van der Waals surface area contributed by atoms with Gasteiger partial charge in [0.05, 0.1) is 13.7 Å². The number of ether oxygens (including phenoxy) is 2. The summed E-state index contributed by atoms with van der Waals surface area (Å²) in [5.41, 5.74) is 2.19. The van der Waals surface area contributed by atoms with Crippen molar-refractivity contribution in [3.8, 4) is 11.5 Å². The van der Waals surface area contributed by atoms with Gasteiger partial charge in [-0.25, -0.2) is 12.8 Å². The number of halogens is 1. The van der Waals surface area contributed by atoms with E-state index in [0.717, 1.165) is 25.0 Å². The van der Waals surface area contributed by atoms with Crippen LogP contribution in [0.2, 0.25) is 0 Å². The number of amides is 1. The van der Waals surface area contributed by atoms with Gasteiger partial charge in [0.2, 0.25) is 0 Å². The van der Waals surface area contributed by atoms with E-state index in [1.54, 1.807) is 6.07 Å². The fourth-order valence-electron chi connectivity index (χ4n) is 2.16. The Hall–Kier alpha value is -2.65. The van der Waals surface area contributed by atoms with E-state index in [0.29, 0.717) is 18.1 Å². The van der Waals surface area contributed by atoms with Gasteiger partial charge in [0.15, 0.2) is 11.5 Å². The lowest BCUT2D eigenvalue weighted by atomic mass is 10.2. The van der Waals surface area contributed by atoms with Crippen LogP contribution in [0.15, 0.2) is 47.4 Å². The number of carbonyl (C=O) groups is 1. The van der Waals surface area contributed by atoms with Crippen LogP contribution in [0.5, 0.6) is 11.5 Å². The second kappa shape index (κ2) is 9.33. The van der Waals surface area contributed by atoms with Gasteiger partial charge in [-0.1, -0.05) is 25.5 Å². The summed E-state index contributed by atoms with van der Waals surface area (Å²) in [6, 6.07) is 9.30. The van der Waals surface area contributed by atoms with E-state index in [1.807, 2.05) is 17.2 Å². The summed E-state index contributed by atoms with van der Waals surface area (Å²) in [4.78, 5) is 13.5. The zero-order valence-corrected chi connectivity index (χ0v) is 15.8. The first-order valence-electron chi connectivity index (χ1n) is 8.26. The van der Waals surface area contributed by atoms with Gasteiger partial charge in [-0.2, -0.15) is 0 Å². The van der Waals surface area contributed by atoms with Crippen LogP contribution in [-0.2, 0) is 10.0 Å². The van der Waals surface area contributed by atoms with E-state index >= 15 is 0 Å². The number of hydrogen-bond acceptors (Lipinski definition) is 5. The van der Waals surface area contributed by atoms with Crippen LogP contribution in [0.25, 0.3) is 0 Å². The van der Waals surface area contributed by atoms with Crippen molar-refractivity contribution in [3.05, 3.63) is 53.8 Å². The molecule has 27 heavy (non-hydrogen) atoms. The van der Waals surface area contributed by atoms with Crippen molar-refractivity contribution < 1.29 is 27.1 Å². The molecule has 0 saturated carbocycles. The van der Waals surface area contributed by atoms with Crippen molar-refractivity contribution in [2.75, 3.05) is 13.7 Å². The van der Waals surface area contributed by atoms with Crippen LogP contribution in [0.4, 0.5) is 4.39 Å². The van der Waals surface area contributed by atoms with E-state index in [-0.39, 0.29) is 5.56 Å². The highest BCUT2D eigenvalue weighted by molar-refractivity contribution is 7.89. The summed E-state index contributed by atoms with van der Waals surface area (Å²) >= 11 is 0. The molecule has 1 amide bonds. The molecule has 2 aromatic rings. The lowest BCUT2D eigenvalue weighted by Gasteiger charge is -2.13. The largest absolute Gasteiger partial charge is 0.493 e. The van der Waals surface area contributed by atoms with Crippen LogP contribution in [0.3, 0.4) is 0 Å². The maximum Gasteiger partial charge on any atom is 0.266 e. The summed E-state index contributed by atoms with van der Waals surface area (Å²) in [5, 5.41) is 0. The standard InChI is InChI=1S/C18H21FN2O5S/c1-3-4-11-26-15-10-9-13(12-16(15)25-2)18(22)20-21-27(23,24)17-8-6-5-7-14(17)19/h5-10,12,21H,3-4,11H2,1-2H3,(H,20,22). The van der Waals surface area contributed by atoms with Gasteiger partial charge in [0, 0.05) is 5.56 Å². The Morgan fingerprint density at radius 1 is 1.15 bits per heavy atom. The number of unbranched alkanes of at least 4 members (excludes halogenated alkanes) is 1. The van der Waals surface area contributed by atoms with E-state index in [4.69, 9.17) is 9.47 Å². The third kappa shape index (κ3) is 5.41. The van der Waals surface area contributed by atoms with Gasteiger partial charge < -0.3 is 9.47 Å². The molecule has 0 atom stereocenters. The molecule has 0 spiro atoms. The summed E-state index contributed by atoms with van der Waals surface area (Å²) < 4.78 is 48.6. The van der Waals surface area contributed by atoms with Gasteiger partial charge in [-0.15, -0.1) is 4.83 Å². The van der Waals surface area contributed by atoms with Crippen LogP contribution in [-0.4, -0.2) is 28.0 Å². The van der Waals surface area contributed by atoms with Crippen molar-refractivity contribution in [1.82, 2.24) is 10.3 Å². The minimum Gasteiger partial charge on any atom is -0.493 e.